The van der Waals surface area contributed by atoms with Crippen molar-refractivity contribution in [2.45, 2.75) is 49.9 Å². The summed E-state index contributed by atoms with van der Waals surface area (Å²) in [6, 6.07) is 0. The van der Waals surface area contributed by atoms with Crippen LogP contribution >= 0.6 is 0 Å². The number of hydrogen-bond donors (Lipinski definition) is 1. The Morgan fingerprint density at radius 1 is 1.00 bits per heavy atom. The van der Waals surface area contributed by atoms with Crippen LogP contribution in [0.25, 0.3) is 0 Å². The summed E-state index contributed by atoms with van der Waals surface area (Å²) in [4.78, 5) is 0. The molecule has 2 rings (SSSR count). The van der Waals surface area contributed by atoms with Crippen molar-refractivity contribution in [3.63, 3.8) is 0 Å². The van der Waals surface area contributed by atoms with Crippen molar-refractivity contribution in [3.8, 4) is 0 Å². The van der Waals surface area contributed by atoms with E-state index in [0.29, 0.717) is 25.2 Å². The molecular formula is C10H17O4S-. The van der Waals surface area contributed by atoms with Crippen LogP contribution in [0.3, 0.4) is 0 Å². The van der Waals surface area contributed by atoms with E-state index in [4.69, 9.17) is 0 Å². The Balaban J connectivity index is 2.03. The second-order valence-electron chi connectivity index (χ2n) is 4.91. The van der Waals surface area contributed by atoms with Gasteiger partial charge in [0.15, 0.2) is 0 Å². The van der Waals surface area contributed by atoms with Gasteiger partial charge in [-0.2, -0.15) is 0 Å². The smallest absolute Gasteiger partial charge is 0.0975 e. The number of aliphatic hydroxyl groups is 1. The summed E-state index contributed by atoms with van der Waals surface area (Å²) in [5.74, 6) is 0.780. The number of aliphatic hydroxyl groups excluding tert-OH is 1. The van der Waals surface area contributed by atoms with E-state index in [1.54, 1.807) is 0 Å². The molecule has 15 heavy (non-hydrogen) atoms. The zero-order valence-electron chi connectivity index (χ0n) is 8.63. The molecule has 2 saturated carbocycles. The first-order valence-electron chi connectivity index (χ1n) is 5.59. The summed E-state index contributed by atoms with van der Waals surface area (Å²) in [7, 11) is -4.13. The van der Waals surface area contributed by atoms with Gasteiger partial charge in [-0.25, -0.2) is 8.42 Å². The molecular weight excluding hydrogens is 216 g/mol. The molecule has 1 N–H and O–H groups in total. The predicted molar refractivity (Wildman–Crippen MR) is 54.2 cm³/mol. The van der Waals surface area contributed by atoms with Crippen molar-refractivity contribution >= 4 is 10.1 Å². The monoisotopic (exact) mass is 233 g/mol. The van der Waals surface area contributed by atoms with Gasteiger partial charge in [0.1, 0.15) is 0 Å². The van der Waals surface area contributed by atoms with Gasteiger partial charge in [-0.15, -0.1) is 0 Å². The lowest BCUT2D eigenvalue weighted by atomic mass is 9.70. The molecule has 2 aliphatic carbocycles. The molecule has 0 amide bonds. The SMILES string of the molecule is O=S(=O)([O-])C1CCC2CCC(O)CC2C1. The van der Waals surface area contributed by atoms with Gasteiger partial charge in [-0.3, -0.25) is 0 Å². The molecule has 0 aliphatic heterocycles. The second kappa shape index (κ2) is 4.03. The molecule has 0 saturated heterocycles. The highest BCUT2D eigenvalue weighted by Gasteiger charge is 2.36. The normalized spacial score (nSPS) is 42.3. The lowest BCUT2D eigenvalue weighted by molar-refractivity contribution is 0.0492. The maximum atomic E-state index is 10.9. The lowest BCUT2D eigenvalue weighted by Gasteiger charge is -2.41. The molecule has 0 radical (unpaired) electrons. The van der Waals surface area contributed by atoms with Gasteiger partial charge in [0.25, 0.3) is 0 Å². The minimum absolute atomic E-state index is 0.247. The summed E-state index contributed by atoms with van der Waals surface area (Å²) in [6.45, 7) is 0. The topological polar surface area (TPSA) is 77.4 Å². The standard InChI is InChI=1S/C10H18O4S/c11-9-3-1-7-2-4-10(15(12,13)14)6-8(7)5-9/h7-11H,1-6H2,(H,12,13,14)/p-1. The molecule has 0 aromatic heterocycles. The van der Waals surface area contributed by atoms with Crippen LogP contribution in [0, 0.1) is 11.8 Å². The first-order chi connectivity index (χ1) is 6.97. The van der Waals surface area contributed by atoms with Gasteiger partial charge < -0.3 is 9.66 Å². The van der Waals surface area contributed by atoms with E-state index in [2.05, 4.69) is 0 Å². The van der Waals surface area contributed by atoms with Gasteiger partial charge in [-0.05, 0) is 50.4 Å². The fourth-order valence-corrected chi connectivity index (χ4v) is 4.00. The van der Waals surface area contributed by atoms with Crippen molar-refractivity contribution in [3.05, 3.63) is 0 Å². The van der Waals surface area contributed by atoms with Gasteiger partial charge in [0.05, 0.1) is 16.2 Å². The second-order valence-corrected chi connectivity index (χ2v) is 6.57. The first kappa shape index (κ1) is 11.4. The Bertz CT molecular complexity index is 324. The zero-order chi connectivity index (χ0) is 11.1. The third kappa shape index (κ3) is 2.52. The van der Waals surface area contributed by atoms with Crippen molar-refractivity contribution < 1.29 is 18.1 Å². The van der Waals surface area contributed by atoms with E-state index in [9.17, 15) is 18.1 Å². The molecule has 0 spiro atoms. The van der Waals surface area contributed by atoms with E-state index < -0.39 is 15.4 Å². The van der Waals surface area contributed by atoms with Crippen LogP contribution in [0.15, 0.2) is 0 Å². The quantitative estimate of drug-likeness (QED) is 0.681. The van der Waals surface area contributed by atoms with Gasteiger partial charge in [0.2, 0.25) is 0 Å². The van der Waals surface area contributed by atoms with Crippen LogP contribution in [0.5, 0.6) is 0 Å². The van der Waals surface area contributed by atoms with Crippen LogP contribution in [0.2, 0.25) is 0 Å². The fraction of sp³-hybridized carbons (Fsp3) is 1.00. The Labute approximate surface area is 90.4 Å². The van der Waals surface area contributed by atoms with Gasteiger partial charge in [0, 0.05) is 5.25 Å². The Kier molecular flexibility index (Phi) is 3.05. The molecule has 0 heterocycles. The van der Waals surface area contributed by atoms with E-state index >= 15 is 0 Å². The molecule has 4 unspecified atom stereocenters. The highest BCUT2D eigenvalue weighted by atomic mass is 32.2. The predicted octanol–water partition coefficient (Wildman–Crippen LogP) is 0.861. The molecule has 0 aromatic carbocycles. The van der Waals surface area contributed by atoms with Crippen LogP contribution in [0.1, 0.15) is 38.5 Å². The number of hydrogen-bond acceptors (Lipinski definition) is 4. The summed E-state index contributed by atoms with van der Waals surface area (Å²) in [5.41, 5.74) is 0. The van der Waals surface area contributed by atoms with E-state index in [-0.39, 0.29) is 12.0 Å². The Hall–Kier alpha value is -0.130. The third-order valence-corrected chi connectivity index (χ3v) is 5.19. The number of rotatable bonds is 1. The average Bonchev–Trinajstić information content (AvgIpc) is 2.15. The summed E-state index contributed by atoms with van der Waals surface area (Å²) in [6.07, 6.45) is 4.02. The van der Waals surface area contributed by atoms with Crippen LogP contribution < -0.4 is 0 Å². The largest absolute Gasteiger partial charge is 0.748 e. The third-order valence-electron chi connectivity index (χ3n) is 3.95. The van der Waals surface area contributed by atoms with Gasteiger partial charge >= 0.3 is 0 Å². The van der Waals surface area contributed by atoms with Crippen molar-refractivity contribution in [2.75, 3.05) is 0 Å². The van der Waals surface area contributed by atoms with Crippen LogP contribution in [-0.2, 0) is 10.1 Å². The van der Waals surface area contributed by atoms with Crippen molar-refractivity contribution in [2.24, 2.45) is 11.8 Å². The molecule has 0 aromatic rings. The molecule has 4 atom stereocenters. The zero-order valence-corrected chi connectivity index (χ0v) is 9.45. The highest BCUT2D eigenvalue weighted by molar-refractivity contribution is 7.86. The van der Waals surface area contributed by atoms with Crippen molar-refractivity contribution in [1.29, 1.82) is 0 Å². The Morgan fingerprint density at radius 2 is 1.67 bits per heavy atom. The summed E-state index contributed by atoms with van der Waals surface area (Å²) < 4.78 is 32.8. The first-order valence-corrected chi connectivity index (χ1v) is 7.06. The van der Waals surface area contributed by atoms with E-state index in [0.717, 1.165) is 19.3 Å². The van der Waals surface area contributed by atoms with Crippen LogP contribution in [-0.4, -0.2) is 29.4 Å². The molecule has 4 nitrogen and oxygen atoms in total. The highest BCUT2D eigenvalue weighted by Crippen LogP contribution is 2.42. The molecule has 2 fully saturated rings. The molecule has 2 aliphatic rings. The molecule has 5 heteroatoms. The van der Waals surface area contributed by atoms with E-state index in [1.165, 1.54) is 0 Å². The van der Waals surface area contributed by atoms with Gasteiger partial charge in [-0.1, -0.05) is 0 Å². The van der Waals surface area contributed by atoms with Crippen LogP contribution in [0.4, 0.5) is 0 Å². The van der Waals surface area contributed by atoms with Crippen molar-refractivity contribution in [1.82, 2.24) is 0 Å². The minimum atomic E-state index is -4.13. The summed E-state index contributed by atoms with van der Waals surface area (Å²) in [5, 5.41) is 8.80. The summed E-state index contributed by atoms with van der Waals surface area (Å²) >= 11 is 0. The average molecular weight is 233 g/mol. The fourth-order valence-electron chi connectivity index (χ4n) is 3.09. The van der Waals surface area contributed by atoms with E-state index in [1.807, 2.05) is 0 Å². The number of fused-ring (bicyclic) bond motifs is 1. The molecule has 88 valence electrons. The maximum Gasteiger partial charge on any atom is 0.0975 e. The molecule has 0 bridgehead atoms. The minimum Gasteiger partial charge on any atom is -0.748 e. The lowest BCUT2D eigenvalue weighted by Crippen LogP contribution is -2.37. The Morgan fingerprint density at radius 3 is 2.33 bits per heavy atom. The maximum absolute atomic E-state index is 10.9.